The molecule has 2 aromatic rings. The monoisotopic (exact) mass is 398 g/mol. The number of thioether (sulfide) groups is 1. The van der Waals surface area contributed by atoms with Gasteiger partial charge in [-0.3, -0.25) is 4.79 Å². The molecule has 1 aliphatic rings. The SMILES string of the molecule is CCOC(=O)N1CCN(C(=O)CCSc2nc(Cl)nc3nc[nH]c23)CC1. The van der Waals surface area contributed by atoms with Crippen LogP contribution in [0.2, 0.25) is 5.28 Å². The number of aromatic amines is 1. The van der Waals surface area contributed by atoms with Crippen LogP contribution < -0.4 is 0 Å². The number of imidazole rings is 1. The van der Waals surface area contributed by atoms with E-state index in [2.05, 4.69) is 19.9 Å². The number of H-pyrrole nitrogens is 1. The van der Waals surface area contributed by atoms with E-state index in [9.17, 15) is 9.59 Å². The highest BCUT2D eigenvalue weighted by Crippen LogP contribution is 2.25. The molecule has 0 radical (unpaired) electrons. The van der Waals surface area contributed by atoms with Gasteiger partial charge in [-0.15, -0.1) is 11.8 Å². The van der Waals surface area contributed by atoms with Crippen molar-refractivity contribution in [1.29, 1.82) is 0 Å². The summed E-state index contributed by atoms with van der Waals surface area (Å²) in [6.07, 6.45) is 1.59. The van der Waals surface area contributed by atoms with Gasteiger partial charge in [0.25, 0.3) is 0 Å². The molecule has 0 saturated carbocycles. The molecule has 0 unspecified atom stereocenters. The van der Waals surface area contributed by atoms with Crippen LogP contribution in [0.5, 0.6) is 0 Å². The minimum atomic E-state index is -0.320. The van der Waals surface area contributed by atoms with E-state index in [4.69, 9.17) is 16.3 Å². The number of nitrogens with one attached hydrogen (secondary N) is 1. The maximum Gasteiger partial charge on any atom is 0.409 e. The van der Waals surface area contributed by atoms with Gasteiger partial charge in [0.05, 0.1) is 12.9 Å². The van der Waals surface area contributed by atoms with Crippen molar-refractivity contribution in [3.8, 4) is 0 Å². The lowest BCUT2D eigenvalue weighted by Gasteiger charge is -2.34. The standard InChI is InChI=1S/C15H19ClN6O3S/c1-2-25-15(24)22-6-4-21(5-7-22)10(23)3-8-26-13-11-12(18-9-17-11)19-14(16)20-13/h9H,2-8H2,1H3,(H,17,18,19,20). The molecule has 0 aromatic carbocycles. The van der Waals surface area contributed by atoms with Crippen LogP contribution in [0.1, 0.15) is 13.3 Å². The molecule has 1 fully saturated rings. The van der Waals surface area contributed by atoms with Crippen LogP contribution in [-0.2, 0) is 9.53 Å². The van der Waals surface area contributed by atoms with Crippen molar-refractivity contribution >= 4 is 46.5 Å². The van der Waals surface area contributed by atoms with Gasteiger partial charge in [0, 0.05) is 38.4 Å². The first-order valence-electron chi connectivity index (χ1n) is 8.27. The molecule has 140 valence electrons. The molecule has 0 atom stereocenters. The Bertz CT molecular complexity index is 793. The first-order chi connectivity index (χ1) is 12.6. The summed E-state index contributed by atoms with van der Waals surface area (Å²) < 4.78 is 4.98. The molecule has 0 aliphatic carbocycles. The lowest BCUT2D eigenvalue weighted by atomic mass is 10.3. The zero-order valence-corrected chi connectivity index (χ0v) is 15.8. The fourth-order valence-corrected chi connectivity index (χ4v) is 3.76. The quantitative estimate of drug-likeness (QED) is 0.465. The summed E-state index contributed by atoms with van der Waals surface area (Å²) in [6.45, 7) is 4.16. The molecular weight excluding hydrogens is 380 g/mol. The van der Waals surface area contributed by atoms with Gasteiger partial charge in [-0.1, -0.05) is 0 Å². The maximum atomic E-state index is 12.4. The Labute approximate surface area is 159 Å². The molecule has 1 saturated heterocycles. The van der Waals surface area contributed by atoms with E-state index >= 15 is 0 Å². The number of hydrogen-bond donors (Lipinski definition) is 1. The normalized spacial score (nSPS) is 14.7. The zero-order valence-electron chi connectivity index (χ0n) is 14.3. The Kier molecular flexibility index (Phi) is 6.15. The summed E-state index contributed by atoms with van der Waals surface area (Å²) in [4.78, 5) is 42.7. The van der Waals surface area contributed by atoms with Crippen molar-refractivity contribution in [2.24, 2.45) is 0 Å². The van der Waals surface area contributed by atoms with Gasteiger partial charge in [0.2, 0.25) is 11.2 Å². The van der Waals surface area contributed by atoms with Crippen LogP contribution in [0.4, 0.5) is 4.79 Å². The zero-order chi connectivity index (χ0) is 18.5. The Hall–Kier alpha value is -2.07. The molecule has 26 heavy (non-hydrogen) atoms. The van der Waals surface area contributed by atoms with Crippen molar-refractivity contribution in [1.82, 2.24) is 29.7 Å². The molecule has 2 aromatic heterocycles. The number of halogens is 1. The average Bonchev–Trinajstić information content (AvgIpc) is 3.10. The van der Waals surface area contributed by atoms with E-state index in [-0.39, 0.29) is 17.3 Å². The summed E-state index contributed by atoms with van der Waals surface area (Å²) in [6, 6.07) is 0. The van der Waals surface area contributed by atoms with Gasteiger partial charge in [0.1, 0.15) is 10.5 Å². The Balaban J connectivity index is 1.47. The summed E-state index contributed by atoms with van der Waals surface area (Å²) in [5.41, 5.74) is 1.23. The van der Waals surface area contributed by atoms with E-state index in [1.807, 2.05) is 0 Å². The number of hydrogen-bond acceptors (Lipinski definition) is 7. The lowest BCUT2D eigenvalue weighted by Crippen LogP contribution is -2.50. The fraction of sp³-hybridized carbons (Fsp3) is 0.533. The van der Waals surface area contributed by atoms with Crippen molar-refractivity contribution in [3.63, 3.8) is 0 Å². The Morgan fingerprint density at radius 3 is 2.73 bits per heavy atom. The van der Waals surface area contributed by atoms with Crippen LogP contribution in [-0.4, -0.2) is 80.3 Å². The van der Waals surface area contributed by atoms with Gasteiger partial charge < -0.3 is 19.5 Å². The first kappa shape index (κ1) is 18.7. The van der Waals surface area contributed by atoms with Crippen molar-refractivity contribution < 1.29 is 14.3 Å². The van der Waals surface area contributed by atoms with Crippen LogP contribution in [0.25, 0.3) is 11.2 Å². The second-order valence-electron chi connectivity index (χ2n) is 5.56. The molecular formula is C15H19ClN6O3S. The minimum absolute atomic E-state index is 0.0574. The highest BCUT2D eigenvalue weighted by Gasteiger charge is 2.24. The minimum Gasteiger partial charge on any atom is -0.450 e. The van der Waals surface area contributed by atoms with E-state index in [0.29, 0.717) is 55.6 Å². The average molecular weight is 399 g/mol. The number of carbonyl (C=O) groups is 2. The second kappa shape index (κ2) is 8.54. The number of piperazine rings is 1. The number of rotatable bonds is 5. The third-order valence-electron chi connectivity index (χ3n) is 3.94. The highest BCUT2D eigenvalue weighted by molar-refractivity contribution is 7.99. The van der Waals surface area contributed by atoms with Gasteiger partial charge >= 0.3 is 6.09 Å². The first-order valence-corrected chi connectivity index (χ1v) is 9.63. The summed E-state index contributed by atoms with van der Waals surface area (Å²) in [7, 11) is 0. The van der Waals surface area contributed by atoms with E-state index < -0.39 is 0 Å². The topological polar surface area (TPSA) is 104 Å². The molecule has 0 bridgehead atoms. The van der Waals surface area contributed by atoms with Crippen molar-refractivity contribution in [3.05, 3.63) is 11.6 Å². The molecule has 2 amide bonds. The van der Waals surface area contributed by atoms with Crippen LogP contribution in [0, 0.1) is 0 Å². The van der Waals surface area contributed by atoms with Gasteiger partial charge in [-0.2, -0.15) is 4.98 Å². The number of aromatic nitrogens is 4. The van der Waals surface area contributed by atoms with Crippen LogP contribution in [0.15, 0.2) is 11.4 Å². The smallest absolute Gasteiger partial charge is 0.409 e. The Morgan fingerprint density at radius 1 is 1.27 bits per heavy atom. The van der Waals surface area contributed by atoms with Crippen molar-refractivity contribution in [2.45, 2.75) is 18.4 Å². The number of nitrogens with zero attached hydrogens (tertiary/aromatic N) is 5. The van der Waals surface area contributed by atoms with Crippen LogP contribution in [0.3, 0.4) is 0 Å². The molecule has 11 heteroatoms. The summed E-state index contributed by atoms with van der Waals surface area (Å²) in [5, 5.41) is 0.811. The molecule has 3 heterocycles. The lowest BCUT2D eigenvalue weighted by molar-refractivity contribution is -0.132. The predicted octanol–water partition coefficient (Wildman–Crippen LogP) is 1.79. The van der Waals surface area contributed by atoms with Gasteiger partial charge in [-0.25, -0.2) is 14.8 Å². The van der Waals surface area contributed by atoms with E-state index in [0.717, 1.165) is 5.52 Å². The number of amides is 2. The highest BCUT2D eigenvalue weighted by atomic mass is 35.5. The summed E-state index contributed by atoms with van der Waals surface area (Å²) in [5.74, 6) is 0.625. The molecule has 1 aliphatic heterocycles. The number of ether oxygens (including phenoxy) is 1. The number of fused-ring (bicyclic) bond motifs is 1. The molecule has 0 spiro atoms. The number of carbonyl (C=O) groups excluding carboxylic acids is 2. The fourth-order valence-electron chi connectivity index (χ4n) is 2.63. The van der Waals surface area contributed by atoms with E-state index in [1.54, 1.807) is 16.7 Å². The second-order valence-corrected chi connectivity index (χ2v) is 6.99. The van der Waals surface area contributed by atoms with Gasteiger partial charge in [0.15, 0.2) is 5.65 Å². The molecule has 3 rings (SSSR count). The molecule has 9 nitrogen and oxygen atoms in total. The van der Waals surface area contributed by atoms with Gasteiger partial charge in [-0.05, 0) is 18.5 Å². The third-order valence-corrected chi connectivity index (χ3v) is 5.08. The van der Waals surface area contributed by atoms with Crippen molar-refractivity contribution in [2.75, 3.05) is 38.5 Å². The Morgan fingerprint density at radius 2 is 2.00 bits per heavy atom. The third kappa shape index (κ3) is 4.36. The van der Waals surface area contributed by atoms with E-state index in [1.165, 1.54) is 18.1 Å². The van der Waals surface area contributed by atoms with Crippen LogP contribution >= 0.6 is 23.4 Å². The molecule has 1 N–H and O–H groups in total. The maximum absolute atomic E-state index is 12.4. The predicted molar refractivity (Wildman–Crippen MR) is 97.2 cm³/mol. The summed E-state index contributed by atoms with van der Waals surface area (Å²) >= 11 is 7.33. The largest absolute Gasteiger partial charge is 0.450 e.